The molecule has 0 aromatic heterocycles. The second kappa shape index (κ2) is 8.62. The molecule has 0 spiro atoms. The van der Waals surface area contributed by atoms with E-state index in [1.165, 1.54) is 19.3 Å². The molecule has 22 heavy (non-hydrogen) atoms. The number of piperidine rings is 1. The van der Waals surface area contributed by atoms with Crippen molar-refractivity contribution in [3.8, 4) is 0 Å². The van der Waals surface area contributed by atoms with Crippen LogP contribution in [0.4, 0.5) is 0 Å². The SMILES string of the molecule is CC1CC(C)CN(S(=O)(=O)NCCCOC2CCCCC2)C1. The highest BCUT2D eigenvalue weighted by molar-refractivity contribution is 7.87. The molecule has 130 valence electrons. The van der Waals surface area contributed by atoms with Crippen molar-refractivity contribution in [3.05, 3.63) is 0 Å². The minimum Gasteiger partial charge on any atom is -0.378 e. The fraction of sp³-hybridized carbons (Fsp3) is 1.00. The summed E-state index contributed by atoms with van der Waals surface area (Å²) in [6, 6.07) is 0. The minimum atomic E-state index is -3.33. The Bertz CT molecular complexity index is 411. The van der Waals surface area contributed by atoms with Crippen LogP contribution >= 0.6 is 0 Å². The van der Waals surface area contributed by atoms with E-state index in [9.17, 15) is 8.42 Å². The Hall–Kier alpha value is -0.170. The summed E-state index contributed by atoms with van der Waals surface area (Å²) >= 11 is 0. The predicted octanol–water partition coefficient (Wildman–Crippen LogP) is 2.54. The van der Waals surface area contributed by atoms with Crippen molar-refractivity contribution in [2.24, 2.45) is 11.8 Å². The number of ether oxygens (including phenoxy) is 1. The van der Waals surface area contributed by atoms with E-state index in [1.807, 2.05) is 0 Å². The smallest absolute Gasteiger partial charge is 0.279 e. The summed E-state index contributed by atoms with van der Waals surface area (Å²) in [4.78, 5) is 0. The van der Waals surface area contributed by atoms with Gasteiger partial charge in [-0.25, -0.2) is 4.72 Å². The molecule has 1 saturated heterocycles. The van der Waals surface area contributed by atoms with Gasteiger partial charge in [-0.05, 0) is 37.5 Å². The number of nitrogens with one attached hydrogen (secondary N) is 1. The Morgan fingerprint density at radius 3 is 2.36 bits per heavy atom. The Morgan fingerprint density at radius 2 is 1.73 bits per heavy atom. The van der Waals surface area contributed by atoms with Gasteiger partial charge in [0.15, 0.2) is 0 Å². The Morgan fingerprint density at radius 1 is 1.09 bits per heavy atom. The van der Waals surface area contributed by atoms with Crippen molar-refractivity contribution in [3.63, 3.8) is 0 Å². The molecule has 0 aromatic carbocycles. The first kappa shape index (κ1) is 18.2. The van der Waals surface area contributed by atoms with Gasteiger partial charge in [0.2, 0.25) is 0 Å². The molecule has 0 bridgehead atoms. The second-order valence-corrected chi connectivity index (χ2v) is 8.90. The van der Waals surface area contributed by atoms with E-state index < -0.39 is 10.2 Å². The van der Waals surface area contributed by atoms with E-state index in [1.54, 1.807) is 4.31 Å². The molecule has 0 aromatic rings. The third-order valence-electron chi connectivity index (χ3n) is 4.69. The van der Waals surface area contributed by atoms with E-state index in [2.05, 4.69) is 18.6 Å². The third-order valence-corrected chi connectivity index (χ3v) is 6.23. The summed E-state index contributed by atoms with van der Waals surface area (Å²) in [6.45, 7) is 6.64. The maximum Gasteiger partial charge on any atom is 0.279 e. The zero-order valence-electron chi connectivity index (χ0n) is 14.1. The zero-order chi connectivity index (χ0) is 16.0. The lowest BCUT2D eigenvalue weighted by atomic mass is 9.94. The van der Waals surface area contributed by atoms with Gasteiger partial charge in [-0.1, -0.05) is 33.1 Å². The van der Waals surface area contributed by atoms with Crippen LogP contribution in [0.1, 0.15) is 58.8 Å². The summed E-state index contributed by atoms with van der Waals surface area (Å²) in [5.74, 6) is 0.880. The molecule has 2 aliphatic rings. The number of nitrogens with zero attached hydrogens (tertiary/aromatic N) is 1. The fourth-order valence-corrected chi connectivity index (χ4v) is 5.13. The largest absolute Gasteiger partial charge is 0.378 e. The Balaban J connectivity index is 1.64. The lowest BCUT2D eigenvalue weighted by molar-refractivity contribution is 0.0277. The molecule has 2 unspecified atom stereocenters. The normalized spacial score (nSPS) is 28.8. The summed E-state index contributed by atoms with van der Waals surface area (Å²) in [7, 11) is -3.33. The van der Waals surface area contributed by atoms with Crippen LogP contribution in [0.3, 0.4) is 0 Å². The molecule has 1 aliphatic heterocycles. The van der Waals surface area contributed by atoms with Gasteiger partial charge in [0.1, 0.15) is 0 Å². The molecule has 6 heteroatoms. The van der Waals surface area contributed by atoms with Crippen molar-refractivity contribution in [2.45, 2.75) is 64.9 Å². The lowest BCUT2D eigenvalue weighted by Gasteiger charge is -2.34. The highest BCUT2D eigenvalue weighted by Crippen LogP contribution is 2.22. The molecule has 1 heterocycles. The summed E-state index contributed by atoms with van der Waals surface area (Å²) < 4.78 is 34.8. The van der Waals surface area contributed by atoms with Crippen LogP contribution in [0.15, 0.2) is 0 Å². The fourth-order valence-electron chi connectivity index (χ4n) is 3.65. The van der Waals surface area contributed by atoms with Crippen LogP contribution in [0.25, 0.3) is 0 Å². The number of hydrogen-bond acceptors (Lipinski definition) is 3. The minimum absolute atomic E-state index is 0.397. The summed E-state index contributed by atoms with van der Waals surface area (Å²) in [5.41, 5.74) is 0. The topological polar surface area (TPSA) is 58.6 Å². The van der Waals surface area contributed by atoms with Gasteiger partial charge in [-0.2, -0.15) is 12.7 Å². The Kier molecular flexibility index (Phi) is 7.12. The van der Waals surface area contributed by atoms with Crippen LogP contribution in [0, 0.1) is 11.8 Å². The standard InChI is InChI=1S/C16H32N2O3S/c1-14-11-15(2)13-18(12-14)22(19,20)17-9-6-10-21-16-7-4-3-5-8-16/h14-17H,3-13H2,1-2H3. The lowest BCUT2D eigenvalue weighted by Crippen LogP contribution is -2.48. The average Bonchev–Trinajstić information content (AvgIpc) is 2.47. The maximum atomic E-state index is 12.3. The molecule has 0 radical (unpaired) electrons. The first-order valence-corrected chi connectivity index (χ1v) is 10.3. The average molecular weight is 333 g/mol. The van der Waals surface area contributed by atoms with Crippen LogP contribution in [0.5, 0.6) is 0 Å². The van der Waals surface area contributed by atoms with Crippen molar-refractivity contribution in [1.29, 1.82) is 0 Å². The third kappa shape index (κ3) is 5.80. The van der Waals surface area contributed by atoms with Crippen molar-refractivity contribution < 1.29 is 13.2 Å². The van der Waals surface area contributed by atoms with E-state index >= 15 is 0 Å². The first-order valence-electron chi connectivity index (χ1n) is 8.83. The number of rotatable bonds is 7. The molecule has 1 aliphatic carbocycles. The zero-order valence-corrected chi connectivity index (χ0v) is 14.9. The molecule has 1 N–H and O–H groups in total. The van der Waals surface area contributed by atoms with E-state index in [4.69, 9.17) is 4.74 Å². The highest BCUT2D eigenvalue weighted by Gasteiger charge is 2.29. The van der Waals surface area contributed by atoms with Gasteiger partial charge in [0, 0.05) is 26.2 Å². The van der Waals surface area contributed by atoms with Crippen LogP contribution in [0.2, 0.25) is 0 Å². The van der Waals surface area contributed by atoms with Gasteiger partial charge >= 0.3 is 0 Å². The van der Waals surface area contributed by atoms with Crippen molar-refractivity contribution >= 4 is 10.2 Å². The second-order valence-electron chi connectivity index (χ2n) is 7.15. The molecular formula is C16H32N2O3S. The monoisotopic (exact) mass is 332 g/mol. The Labute approximate surface area is 136 Å². The quantitative estimate of drug-likeness (QED) is 0.729. The number of hydrogen-bond donors (Lipinski definition) is 1. The highest BCUT2D eigenvalue weighted by atomic mass is 32.2. The molecule has 1 saturated carbocycles. The van der Waals surface area contributed by atoms with Crippen molar-refractivity contribution in [2.75, 3.05) is 26.2 Å². The van der Waals surface area contributed by atoms with Gasteiger partial charge in [0.05, 0.1) is 6.10 Å². The van der Waals surface area contributed by atoms with Gasteiger partial charge in [-0.15, -0.1) is 0 Å². The van der Waals surface area contributed by atoms with Gasteiger partial charge in [-0.3, -0.25) is 0 Å². The molecule has 2 atom stereocenters. The molecule has 0 amide bonds. The summed E-state index contributed by atoms with van der Waals surface area (Å²) in [6.07, 6.45) is 8.44. The molecule has 5 nitrogen and oxygen atoms in total. The van der Waals surface area contributed by atoms with E-state index in [-0.39, 0.29) is 0 Å². The van der Waals surface area contributed by atoms with E-state index in [0.717, 1.165) is 25.7 Å². The predicted molar refractivity (Wildman–Crippen MR) is 88.9 cm³/mol. The molecule has 2 fully saturated rings. The summed E-state index contributed by atoms with van der Waals surface area (Å²) in [5, 5.41) is 0. The van der Waals surface area contributed by atoms with Crippen LogP contribution < -0.4 is 4.72 Å². The van der Waals surface area contributed by atoms with Gasteiger partial charge in [0.25, 0.3) is 10.2 Å². The van der Waals surface area contributed by atoms with Crippen LogP contribution in [-0.4, -0.2) is 45.1 Å². The first-order chi connectivity index (χ1) is 10.5. The maximum absolute atomic E-state index is 12.3. The van der Waals surface area contributed by atoms with E-state index in [0.29, 0.717) is 44.2 Å². The molecule has 2 rings (SSSR count). The van der Waals surface area contributed by atoms with Crippen LogP contribution in [-0.2, 0) is 14.9 Å². The van der Waals surface area contributed by atoms with Crippen molar-refractivity contribution in [1.82, 2.24) is 9.03 Å². The molecular weight excluding hydrogens is 300 g/mol. The van der Waals surface area contributed by atoms with Gasteiger partial charge < -0.3 is 4.74 Å².